The Morgan fingerprint density at radius 1 is 1.50 bits per heavy atom. The van der Waals surface area contributed by atoms with Gasteiger partial charge in [0, 0.05) is 6.61 Å². The Balaban J connectivity index is 3.43. The number of carbonyl (C=O) groups excluding carboxylic acids is 1. The number of nitrogens with two attached hydrogens (primary N) is 1. The van der Waals surface area contributed by atoms with Crippen LogP contribution >= 0.6 is 0 Å². The van der Waals surface area contributed by atoms with E-state index in [1.54, 1.807) is 0 Å². The van der Waals surface area contributed by atoms with Crippen LogP contribution in [0.15, 0.2) is 0 Å². The maximum atomic E-state index is 10.8. The molecule has 2 N–H and O–H groups in total. The van der Waals surface area contributed by atoms with E-state index in [4.69, 9.17) is 10.5 Å². The van der Waals surface area contributed by atoms with E-state index in [9.17, 15) is 4.79 Å². The van der Waals surface area contributed by atoms with E-state index in [-0.39, 0.29) is 12.1 Å². The first kappa shape index (κ1) is 11.4. The highest BCUT2D eigenvalue weighted by Gasteiger charge is 2.12. The topological polar surface area (TPSA) is 61.5 Å². The fraction of sp³-hybridized carbons (Fsp3) is 0.875. The summed E-state index contributed by atoms with van der Waals surface area (Å²) in [7, 11) is 1.32. The predicted octanol–water partition coefficient (Wildman–Crippen LogP) is 0.302. The third-order valence-corrected chi connectivity index (χ3v) is 1.38. The summed E-state index contributed by atoms with van der Waals surface area (Å²) in [5.74, 6) is -0.387. The van der Waals surface area contributed by atoms with Crippen LogP contribution in [0.5, 0.6) is 0 Å². The Hall–Kier alpha value is -0.610. The van der Waals surface area contributed by atoms with Crippen molar-refractivity contribution in [3.8, 4) is 0 Å². The summed E-state index contributed by atoms with van der Waals surface area (Å²) in [4.78, 5) is 10.8. The van der Waals surface area contributed by atoms with Crippen molar-refractivity contribution in [1.82, 2.24) is 0 Å². The van der Waals surface area contributed by atoms with Crippen molar-refractivity contribution in [3.63, 3.8) is 0 Å². The van der Waals surface area contributed by atoms with Crippen LogP contribution in [0.2, 0.25) is 0 Å². The average molecular weight is 175 g/mol. The van der Waals surface area contributed by atoms with Crippen molar-refractivity contribution < 1.29 is 14.3 Å². The third-order valence-electron chi connectivity index (χ3n) is 1.38. The molecule has 4 heteroatoms. The van der Waals surface area contributed by atoms with Crippen LogP contribution in [0.25, 0.3) is 0 Å². The van der Waals surface area contributed by atoms with E-state index < -0.39 is 6.04 Å². The summed E-state index contributed by atoms with van der Waals surface area (Å²) < 4.78 is 9.67. The largest absolute Gasteiger partial charge is 0.468 e. The van der Waals surface area contributed by atoms with Gasteiger partial charge >= 0.3 is 5.97 Å². The van der Waals surface area contributed by atoms with Gasteiger partial charge < -0.3 is 15.2 Å². The summed E-state index contributed by atoms with van der Waals surface area (Å²) in [5.41, 5.74) is 5.46. The summed E-state index contributed by atoms with van der Waals surface area (Å²) in [6.07, 6.45) is 0.681. The van der Waals surface area contributed by atoms with Gasteiger partial charge in [0.1, 0.15) is 6.04 Å². The number of hydrogen-bond acceptors (Lipinski definition) is 4. The molecule has 0 aliphatic heterocycles. The maximum Gasteiger partial charge on any atom is 0.322 e. The Morgan fingerprint density at radius 2 is 2.08 bits per heavy atom. The Labute approximate surface area is 73.0 Å². The monoisotopic (exact) mass is 175 g/mol. The Bertz CT molecular complexity index is 136. The van der Waals surface area contributed by atoms with Crippen LogP contribution < -0.4 is 5.73 Å². The number of hydrogen-bond donors (Lipinski definition) is 1. The van der Waals surface area contributed by atoms with Crippen molar-refractivity contribution in [3.05, 3.63) is 0 Å². The highest BCUT2D eigenvalue weighted by molar-refractivity contribution is 5.75. The van der Waals surface area contributed by atoms with Gasteiger partial charge in [-0.3, -0.25) is 4.79 Å². The molecule has 0 rings (SSSR count). The molecule has 0 aliphatic rings. The molecular formula is C8H17NO3. The maximum absolute atomic E-state index is 10.8. The second kappa shape index (κ2) is 5.97. The van der Waals surface area contributed by atoms with Crippen molar-refractivity contribution in [2.24, 2.45) is 5.73 Å². The first-order valence-corrected chi connectivity index (χ1v) is 4.03. The quantitative estimate of drug-likeness (QED) is 0.610. The van der Waals surface area contributed by atoms with Gasteiger partial charge in [-0.15, -0.1) is 0 Å². The van der Waals surface area contributed by atoms with Gasteiger partial charge in [-0.25, -0.2) is 0 Å². The van der Waals surface area contributed by atoms with E-state index in [0.717, 1.165) is 0 Å². The SMILES string of the molecule is COC(=O)C(N)CCOC(C)C. The van der Waals surface area contributed by atoms with Gasteiger partial charge in [0.2, 0.25) is 0 Å². The van der Waals surface area contributed by atoms with E-state index in [1.807, 2.05) is 13.8 Å². The van der Waals surface area contributed by atoms with Gasteiger partial charge in [0.15, 0.2) is 0 Å². The third kappa shape index (κ3) is 5.09. The number of esters is 1. The number of ether oxygens (including phenoxy) is 2. The van der Waals surface area contributed by atoms with Crippen molar-refractivity contribution in [2.75, 3.05) is 13.7 Å². The van der Waals surface area contributed by atoms with E-state index >= 15 is 0 Å². The van der Waals surface area contributed by atoms with Crippen LogP contribution in [-0.2, 0) is 14.3 Å². The van der Waals surface area contributed by atoms with Gasteiger partial charge in [0.25, 0.3) is 0 Å². The van der Waals surface area contributed by atoms with E-state index in [0.29, 0.717) is 13.0 Å². The highest BCUT2D eigenvalue weighted by atomic mass is 16.5. The molecule has 0 saturated heterocycles. The molecule has 0 aromatic rings. The Kier molecular flexibility index (Phi) is 5.66. The molecule has 1 unspecified atom stereocenters. The molecule has 0 aliphatic carbocycles. The molecule has 0 amide bonds. The van der Waals surface area contributed by atoms with Gasteiger partial charge in [-0.1, -0.05) is 0 Å². The van der Waals surface area contributed by atoms with Crippen LogP contribution in [-0.4, -0.2) is 31.8 Å². The lowest BCUT2D eigenvalue weighted by Gasteiger charge is -2.10. The summed E-state index contributed by atoms with van der Waals surface area (Å²) >= 11 is 0. The molecule has 0 aromatic carbocycles. The zero-order valence-corrected chi connectivity index (χ0v) is 7.87. The fourth-order valence-electron chi connectivity index (χ4n) is 0.700. The molecule has 0 saturated carbocycles. The minimum absolute atomic E-state index is 0.176. The summed E-state index contributed by atoms with van der Waals surface area (Å²) in [6, 6.07) is -0.561. The molecule has 0 fully saturated rings. The average Bonchev–Trinajstić information content (AvgIpc) is 2.02. The molecule has 72 valence electrons. The first-order valence-electron chi connectivity index (χ1n) is 4.03. The van der Waals surface area contributed by atoms with Gasteiger partial charge in [0.05, 0.1) is 13.2 Å². The number of methoxy groups -OCH3 is 1. The lowest BCUT2D eigenvalue weighted by atomic mass is 10.2. The normalized spacial score (nSPS) is 13.1. The summed E-state index contributed by atoms with van der Waals surface area (Å²) in [6.45, 7) is 4.36. The molecule has 0 bridgehead atoms. The minimum atomic E-state index is -0.561. The molecule has 4 nitrogen and oxygen atoms in total. The molecular weight excluding hydrogens is 158 g/mol. The van der Waals surface area contributed by atoms with Gasteiger partial charge in [-0.05, 0) is 20.3 Å². The van der Waals surface area contributed by atoms with E-state index in [1.165, 1.54) is 7.11 Å². The zero-order valence-electron chi connectivity index (χ0n) is 7.87. The molecule has 12 heavy (non-hydrogen) atoms. The van der Waals surface area contributed by atoms with Crippen molar-refractivity contribution in [2.45, 2.75) is 32.4 Å². The molecule has 0 aromatic heterocycles. The van der Waals surface area contributed by atoms with Crippen molar-refractivity contribution in [1.29, 1.82) is 0 Å². The van der Waals surface area contributed by atoms with Crippen LogP contribution in [0.4, 0.5) is 0 Å². The number of carbonyl (C=O) groups is 1. The zero-order chi connectivity index (χ0) is 9.56. The second-order valence-corrected chi connectivity index (χ2v) is 2.84. The lowest BCUT2D eigenvalue weighted by Crippen LogP contribution is -2.32. The Morgan fingerprint density at radius 3 is 2.50 bits per heavy atom. The molecule has 0 heterocycles. The predicted molar refractivity (Wildman–Crippen MR) is 45.7 cm³/mol. The van der Waals surface area contributed by atoms with Crippen LogP contribution in [0.1, 0.15) is 20.3 Å². The van der Waals surface area contributed by atoms with Crippen LogP contribution in [0, 0.1) is 0 Å². The lowest BCUT2D eigenvalue weighted by molar-refractivity contribution is -0.142. The minimum Gasteiger partial charge on any atom is -0.468 e. The van der Waals surface area contributed by atoms with Crippen molar-refractivity contribution >= 4 is 5.97 Å². The highest BCUT2D eigenvalue weighted by Crippen LogP contribution is 1.95. The number of rotatable bonds is 5. The van der Waals surface area contributed by atoms with Crippen LogP contribution in [0.3, 0.4) is 0 Å². The standard InChI is InChI=1S/C8H17NO3/c1-6(2)12-5-4-7(9)8(10)11-3/h6-7H,4-5,9H2,1-3H3. The van der Waals surface area contributed by atoms with E-state index in [2.05, 4.69) is 4.74 Å². The summed E-state index contributed by atoms with van der Waals surface area (Å²) in [5, 5.41) is 0. The second-order valence-electron chi connectivity index (χ2n) is 2.84. The fourth-order valence-corrected chi connectivity index (χ4v) is 0.700. The smallest absolute Gasteiger partial charge is 0.322 e. The molecule has 0 spiro atoms. The molecule has 0 radical (unpaired) electrons. The first-order chi connectivity index (χ1) is 5.57. The molecule has 1 atom stereocenters. The van der Waals surface area contributed by atoms with Gasteiger partial charge in [-0.2, -0.15) is 0 Å².